The van der Waals surface area contributed by atoms with E-state index in [2.05, 4.69) is 5.32 Å². The second kappa shape index (κ2) is 6.15. The molecule has 0 spiro atoms. The van der Waals surface area contributed by atoms with Gasteiger partial charge in [0.15, 0.2) is 0 Å². The molecule has 0 bridgehead atoms. The summed E-state index contributed by atoms with van der Waals surface area (Å²) in [4.78, 5) is 14.0. The summed E-state index contributed by atoms with van der Waals surface area (Å²) in [5.41, 5.74) is 1.58. The van der Waals surface area contributed by atoms with E-state index < -0.39 is 0 Å². The van der Waals surface area contributed by atoms with Gasteiger partial charge in [0, 0.05) is 13.6 Å². The largest absolute Gasteiger partial charge is 0.340 e. The van der Waals surface area contributed by atoms with Crippen LogP contribution in [0.3, 0.4) is 0 Å². The van der Waals surface area contributed by atoms with Crippen molar-refractivity contribution in [3.63, 3.8) is 0 Å². The lowest BCUT2D eigenvalue weighted by molar-refractivity contribution is -0.133. The topological polar surface area (TPSA) is 32.3 Å². The van der Waals surface area contributed by atoms with E-state index in [4.69, 9.17) is 0 Å². The van der Waals surface area contributed by atoms with Crippen molar-refractivity contribution >= 4 is 5.91 Å². The molecule has 1 unspecified atom stereocenters. The molecule has 1 saturated heterocycles. The number of carbonyl (C=O) groups excluding carboxylic acids is 1. The van der Waals surface area contributed by atoms with E-state index >= 15 is 0 Å². The van der Waals surface area contributed by atoms with Crippen molar-refractivity contribution in [2.75, 3.05) is 13.6 Å². The van der Waals surface area contributed by atoms with Crippen LogP contribution in [-0.2, 0) is 11.3 Å². The normalized spacial score (nSPS) is 19.2. The van der Waals surface area contributed by atoms with Crippen molar-refractivity contribution in [2.45, 2.75) is 38.8 Å². The first-order valence-electron chi connectivity index (χ1n) is 6.81. The Morgan fingerprint density at radius 3 is 2.89 bits per heavy atom. The van der Waals surface area contributed by atoms with E-state index in [1.54, 1.807) is 31.0 Å². The Hall–Kier alpha value is -1.42. The minimum Gasteiger partial charge on any atom is -0.340 e. The van der Waals surface area contributed by atoms with Crippen LogP contribution in [0.5, 0.6) is 0 Å². The Kier molecular flexibility index (Phi) is 4.53. The number of amides is 1. The lowest BCUT2D eigenvalue weighted by Gasteiger charge is -2.27. The van der Waals surface area contributed by atoms with E-state index in [1.165, 1.54) is 6.07 Å². The Bertz CT molecular complexity index is 455. The fraction of sp³-hybridized carbons (Fsp3) is 0.533. The SMILES string of the molecule is Cc1cc(CN(C)C(=O)C2CCCCN2)ccc1F. The van der Waals surface area contributed by atoms with Crippen LogP contribution >= 0.6 is 0 Å². The first-order valence-corrected chi connectivity index (χ1v) is 6.81. The van der Waals surface area contributed by atoms with Gasteiger partial charge in [-0.15, -0.1) is 0 Å². The molecule has 0 aliphatic carbocycles. The number of aryl methyl sites for hydroxylation is 1. The second-order valence-corrected chi connectivity index (χ2v) is 5.28. The highest BCUT2D eigenvalue weighted by molar-refractivity contribution is 5.81. The van der Waals surface area contributed by atoms with Crippen molar-refractivity contribution in [3.8, 4) is 0 Å². The van der Waals surface area contributed by atoms with E-state index in [-0.39, 0.29) is 17.8 Å². The Morgan fingerprint density at radius 2 is 2.26 bits per heavy atom. The molecule has 4 heteroatoms. The molecule has 0 saturated carbocycles. The van der Waals surface area contributed by atoms with E-state index in [0.29, 0.717) is 12.1 Å². The number of rotatable bonds is 3. The Morgan fingerprint density at radius 1 is 1.47 bits per heavy atom. The molecule has 1 aromatic carbocycles. The molecular formula is C15H21FN2O. The molecule has 1 atom stereocenters. The Labute approximate surface area is 113 Å². The maximum Gasteiger partial charge on any atom is 0.239 e. The molecule has 1 aliphatic heterocycles. The van der Waals surface area contributed by atoms with E-state index in [0.717, 1.165) is 31.4 Å². The summed E-state index contributed by atoms with van der Waals surface area (Å²) in [6.07, 6.45) is 3.16. The second-order valence-electron chi connectivity index (χ2n) is 5.28. The molecular weight excluding hydrogens is 243 g/mol. The van der Waals surface area contributed by atoms with Crippen molar-refractivity contribution in [1.29, 1.82) is 0 Å². The summed E-state index contributed by atoms with van der Waals surface area (Å²) in [6.45, 7) is 3.18. The summed E-state index contributed by atoms with van der Waals surface area (Å²) in [6, 6.07) is 4.94. The number of halogens is 1. The third-order valence-corrected chi connectivity index (χ3v) is 3.63. The summed E-state index contributed by atoms with van der Waals surface area (Å²) < 4.78 is 13.2. The molecule has 1 heterocycles. The van der Waals surface area contributed by atoms with Crippen molar-refractivity contribution in [1.82, 2.24) is 10.2 Å². The molecule has 3 nitrogen and oxygen atoms in total. The number of benzene rings is 1. The van der Waals surface area contributed by atoms with Crippen LogP contribution in [0.2, 0.25) is 0 Å². The number of hydrogen-bond acceptors (Lipinski definition) is 2. The molecule has 1 aliphatic rings. The van der Waals surface area contributed by atoms with Crippen LogP contribution in [0.1, 0.15) is 30.4 Å². The zero-order chi connectivity index (χ0) is 13.8. The monoisotopic (exact) mass is 264 g/mol. The number of nitrogens with zero attached hydrogens (tertiary/aromatic N) is 1. The lowest BCUT2D eigenvalue weighted by atomic mass is 10.0. The van der Waals surface area contributed by atoms with Crippen LogP contribution in [0, 0.1) is 12.7 Å². The van der Waals surface area contributed by atoms with Crippen molar-refractivity contribution in [3.05, 3.63) is 35.1 Å². The number of piperidine rings is 1. The highest BCUT2D eigenvalue weighted by Gasteiger charge is 2.23. The zero-order valence-electron chi connectivity index (χ0n) is 11.6. The fourth-order valence-electron chi connectivity index (χ4n) is 2.49. The smallest absolute Gasteiger partial charge is 0.239 e. The average molecular weight is 264 g/mol. The van der Waals surface area contributed by atoms with Gasteiger partial charge < -0.3 is 10.2 Å². The predicted molar refractivity (Wildman–Crippen MR) is 73.3 cm³/mol. The van der Waals surface area contributed by atoms with Crippen LogP contribution in [0.25, 0.3) is 0 Å². The van der Waals surface area contributed by atoms with Gasteiger partial charge in [-0.25, -0.2) is 4.39 Å². The van der Waals surface area contributed by atoms with Crippen molar-refractivity contribution < 1.29 is 9.18 Å². The molecule has 1 aromatic rings. The molecule has 0 radical (unpaired) electrons. The summed E-state index contributed by atoms with van der Waals surface area (Å²) in [5, 5.41) is 3.25. The number of likely N-dealkylation sites (N-methyl/N-ethyl adjacent to an activating group) is 1. The quantitative estimate of drug-likeness (QED) is 0.908. The number of nitrogens with one attached hydrogen (secondary N) is 1. The van der Waals surface area contributed by atoms with Gasteiger partial charge in [0.1, 0.15) is 5.82 Å². The summed E-state index contributed by atoms with van der Waals surface area (Å²) in [5.74, 6) is -0.0756. The first-order chi connectivity index (χ1) is 9.08. The van der Waals surface area contributed by atoms with Gasteiger partial charge in [-0.3, -0.25) is 4.79 Å². The minimum absolute atomic E-state index is 0.0553. The predicted octanol–water partition coefficient (Wildman–Crippen LogP) is 2.23. The Balaban J connectivity index is 1.97. The van der Waals surface area contributed by atoms with Crippen LogP contribution in [-0.4, -0.2) is 30.4 Å². The molecule has 1 amide bonds. The minimum atomic E-state index is -0.202. The highest BCUT2D eigenvalue weighted by Crippen LogP contribution is 2.13. The van der Waals surface area contributed by atoms with Gasteiger partial charge in [-0.2, -0.15) is 0 Å². The highest BCUT2D eigenvalue weighted by atomic mass is 19.1. The van der Waals surface area contributed by atoms with Crippen LogP contribution < -0.4 is 5.32 Å². The standard InChI is InChI=1S/C15H21FN2O/c1-11-9-12(6-7-13(11)16)10-18(2)15(19)14-5-3-4-8-17-14/h6-7,9,14,17H,3-5,8,10H2,1-2H3. The lowest BCUT2D eigenvalue weighted by Crippen LogP contribution is -2.46. The average Bonchev–Trinajstić information content (AvgIpc) is 2.43. The third kappa shape index (κ3) is 3.53. The van der Waals surface area contributed by atoms with Crippen LogP contribution in [0.15, 0.2) is 18.2 Å². The molecule has 1 fully saturated rings. The molecule has 2 rings (SSSR count). The molecule has 104 valence electrons. The fourth-order valence-corrected chi connectivity index (χ4v) is 2.49. The van der Waals surface area contributed by atoms with E-state index in [9.17, 15) is 9.18 Å². The number of carbonyl (C=O) groups is 1. The third-order valence-electron chi connectivity index (χ3n) is 3.63. The molecule has 19 heavy (non-hydrogen) atoms. The van der Waals surface area contributed by atoms with Gasteiger partial charge in [0.2, 0.25) is 5.91 Å². The summed E-state index contributed by atoms with van der Waals surface area (Å²) in [7, 11) is 1.80. The number of hydrogen-bond donors (Lipinski definition) is 1. The van der Waals surface area contributed by atoms with Gasteiger partial charge in [-0.05, 0) is 43.5 Å². The van der Waals surface area contributed by atoms with E-state index in [1.807, 2.05) is 0 Å². The van der Waals surface area contributed by atoms with Crippen LogP contribution in [0.4, 0.5) is 4.39 Å². The van der Waals surface area contributed by atoms with Gasteiger partial charge in [0.25, 0.3) is 0 Å². The molecule has 1 N–H and O–H groups in total. The van der Waals surface area contributed by atoms with Gasteiger partial charge in [-0.1, -0.05) is 18.6 Å². The zero-order valence-corrected chi connectivity index (χ0v) is 11.6. The van der Waals surface area contributed by atoms with Crippen molar-refractivity contribution in [2.24, 2.45) is 0 Å². The maximum atomic E-state index is 13.2. The van der Waals surface area contributed by atoms with Gasteiger partial charge in [0.05, 0.1) is 6.04 Å². The maximum absolute atomic E-state index is 13.2. The first kappa shape index (κ1) is 14.0. The molecule has 0 aromatic heterocycles. The summed E-state index contributed by atoms with van der Waals surface area (Å²) >= 11 is 0. The van der Waals surface area contributed by atoms with Gasteiger partial charge >= 0.3 is 0 Å².